The average molecular weight is 515 g/mol. The molecule has 5 rings (SSSR count). The lowest BCUT2D eigenvalue weighted by molar-refractivity contribution is -0.0356. The number of amides is 1. The Bertz CT molecular complexity index is 1280. The van der Waals surface area contributed by atoms with Crippen molar-refractivity contribution in [1.29, 1.82) is 0 Å². The molecule has 1 saturated carbocycles. The van der Waals surface area contributed by atoms with Gasteiger partial charge in [-0.3, -0.25) is 4.79 Å². The van der Waals surface area contributed by atoms with Crippen LogP contribution in [0.15, 0.2) is 30.5 Å². The van der Waals surface area contributed by atoms with Crippen LogP contribution in [0.25, 0.3) is 16.7 Å². The first-order valence-corrected chi connectivity index (χ1v) is 14.7. The van der Waals surface area contributed by atoms with Gasteiger partial charge in [0.2, 0.25) is 0 Å². The van der Waals surface area contributed by atoms with Crippen molar-refractivity contribution in [3.8, 4) is 5.82 Å². The molecule has 1 N–H and O–H groups in total. The minimum atomic E-state index is -2.67. The normalized spacial score (nSPS) is 15.3. The zero-order valence-corrected chi connectivity index (χ0v) is 23.0. The van der Waals surface area contributed by atoms with Gasteiger partial charge >= 0.3 is 0 Å². The number of aryl methyl sites for hydroxylation is 2. The molecule has 0 spiro atoms. The minimum absolute atomic E-state index is 0.148. The van der Waals surface area contributed by atoms with Gasteiger partial charge in [-0.25, -0.2) is 18.1 Å². The summed E-state index contributed by atoms with van der Waals surface area (Å²) in [5.41, 5.74) is 5.03. The van der Waals surface area contributed by atoms with E-state index in [0.29, 0.717) is 17.4 Å². The molecule has 2 aromatic heterocycles. The van der Waals surface area contributed by atoms with E-state index < -0.39 is 9.84 Å². The van der Waals surface area contributed by atoms with E-state index in [1.807, 2.05) is 19.1 Å². The second-order valence-electron chi connectivity index (χ2n) is 9.87. The molecule has 3 aromatic rings. The number of rotatable bonds is 5. The summed E-state index contributed by atoms with van der Waals surface area (Å²) in [6.07, 6.45) is 9.24. The third kappa shape index (κ3) is 7.61. The van der Waals surface area contributed by atoms with Gasteiger partial charge in [0.1, 0.15) is 15.5 Å². The van der Waals surface area contributed by atoms with E-state index in [9.17, 15) is 13.2 Å². The zero-order valence-electron chi connectivity index (χ0n) is 22.2. The number of carbonyl (C=O) groups is 1. The largest absolute Gasteiger partial charge is 0.381 e. The van der Waals surface area contributed by atoms with E-state index in [0.717, 1.165) is 48.1 Å². The van der Waals surface area contributed by atoms with Gasteiger partial charge in [-0.05, 0) is 73.9 Å². The molecule has 1 aromatic carbocycles. The maximum absolute atomic E-state index is 12.5. The molecule has 0 unspecified atom stereocenters. The first kappa shape index (κ1) is 27.8. The van der Waals surface area contributed by atoms with Gasteiger partial charge in [-0.2, -0.15) is 5.10 Å². The second kappa shape index (κ2) is 12.0. The third-order valence-electron chi connectivity index (χ3n) is 6.04. The van der Waals surface area contributed by atoms with Crippen LogP contribution in [0.4, 0.5) is 0 Å². The Kier molecular flexibility index (Phi) is 9.24. The summed E-state index contributed by atoms with van der Waals surface area (Å²) in [7, 11) is -1.02. The van der Waals surface area contributed by atoms with E-state index in [2.05, 4.69) is 41.4 Å². The predicted octanol–water partition coefficient (Wildman–Crippen LogP) is 4.37. The quantitative estimate of drug-likeness (QED) is 0.542. The zero-order chi connectivity index (χ0) is 26.5. The van der Waals surface area contributed by atoms with Crippen molar-refractivity contribution < 1.29 is 17.9 Å². The summed E-state index contributed by atoms with van der Waals surface area (Å²) >= 11 is 0. The molecule has 3 heterocycles. The van der Waals surface area contributed by atoms with E-state index >= 15 is 0 Å². The van der Waals surface area contributed by atoms with Crippen molar-refractivity contribution in [1.82, 2.24) is 20.1 Å². The highest BCUT2D eigenvalue weighted by atomic mass is 32.2. The van der Waals surface area contributed by atoms with Gasteiger partial charge < -0.3 is 10.1 Å². The van der Waals surface area contributed by atoms with Crippen molar-refractivity contribution in [2.45, 2.75) is 52.4 Å². The van der Waals surface area contributed by atoms with Crippen LogP contribution in [0.1, 0.15) is 65.7 Å². The number of fused-ring (bicyclic) bond motifs is 1. The number of pyridine rings is 1. The van der Waals surface area contributed by atoms with Crippen LogP contribution in [0.2, 0.25) is 0 Å². The van der Waals surface area contributed by atoms with Gasteiger partial charge in [0.05, 0.1) is 18.7 Å². The molecule has 0 radical (unpaired) electrons. The van der Waals surface area contributed by atoms with Crippen molar-refractivity contribution in [3.05, 3.63) is 52.8 Å². The molecular formula is C27H38N4O4S. The third-order valence-corrected chi connectivity index (χ3v) is 6.04. The molecule has 1 amide bonds. The van der Waals surface area contributed by atoms with Gasteiger partial charge in [0, 0.05) is 37.1 Å². The lowest BCUT2D eigenvalue weighted by Gasteiger charge is -2.24. The van der Waals surface area contributed by atoms with Crippen LogP contribution in [-0.2, 0) is 14.6 Å². The number of nitrogens with one attached hydrogen (secondary N) is 1. The number of hydrogen-bond donors (Lipinski definition) is 1. The standard InChI is InChI=1S/C19H20N4O.C6H12O.C2H6O2S/c1-11-4-7-17(21-10-11)23-18(19(24)20-3)15-9-14(13-5-6-13)12(2)8-16(15)22-23;1-2-3-6-4-7-5-6;1-5(2,3)4/h4,7-10,13H,5-6H2,1-3H3,(H,20,24);6H,2-5H2,1H3;1-2H3. The summed E-state index contributed by atoms with van der Waals surface area (Å²) < 4.78 is 25.9. The van der Waals surface area contributed by atoms with Crippen LogP contribution in [-0.4, -0.2) is 61.9 Å². The predicted molar refractivity (Wildman–Crippen MR) is 144 cm³/mol. The Balaban J connectivity index is 0.000000249. The molecule has 8 nitrogen and oxygen atoms in total. The minimum Gasteiger partial charge on any atom is -0.381 e. The summed E-state index contributed by atoms with van der Waals surface area (Å²) in [5.74, 6) is 2.05. The summed E-state index contributed by atoms with van der Waals surface area (Å²) in [5, 5.41) is 8.28. The SMILES string of the molecule is CCCC1COC1.CNC(=O)c1c2cc(C3CC3)c(C)cc2nn1-c1ccc(C)cn1.CS(C)(=O)=O. The Morgan fingerprint density at radius 1 is 1.17 bits per heavy atom. The van der Waals surface area contributed by atoms with Crippen LogP contribution >= 0.6 is 0 Å². The fourth-order valence-electron chi connectivity index (χ4n) is 4.04. The van der Waals surface area contributed by atoms with Crippen LogP contribution < -0.4 is 5.32 Å². The summed E-state index contributed by atoms with van der Waals surface area (Å²) in [6, 6.07) is 8.09. The average Bonchev–Trinajstić information content (AvgIpc) is 3.56. The molecule has 1 saturated heterocycles. The number of ether oxygens (including phenoxy) is 1. The highest BCUT2D eigenvalue weighted by Gasteiger charge is 2.27. The molecule has 9 heteroatoms. The molecule has 1 aliphatic heterocycles. The number of nitrogens with zero attached hydrogens (tertiary/aromatic N) is 3. The number of sulfone groups is 1. The van der Waals surface area contributed by atoms with Gasteiger partial charge in [-0.1, -0.05) is 19.4 Å². The fourth-order valence-corrected chi connectivity index (χ4v) is 4.04. The van der Waals surface area contributed by atoms with Gasteiger partial charge in [0.25, 0.3) is 5.91 Å². The Labute approximate surface area is 214 Å². The fraction of sp³-hybridized carbons (Fsp3) is 0.519. The molecule has 2 aliphatic rings. The van der Waals surface area contributed by atoms with Crippen LogP contribution in [0.3, 0.4) is 0 Å². The molecule has 2 fully saturated rings. The first-order chi connectivity index (χ1) is 17.0. The van der Waals surface area contributed by atoms with Gasteiger partial charge in [0.15, 0.2) is 5.82 Å². The summed E-state index contributed by atoms with van der Waals surface area (Å²) in [6.45, 7) is 8.37. The van der Waals surface area contributed by atoms with Crippen molar-refractivity contribution in [2.24, 2.45) is 5.92 Å². The maximum atomic E-state index is 12.5. The van der Waals surface area contributed by atoms with E-state index in [1.54, 1.807) is 17.9 Å². The molecule has 1 aliphatic carbocycles. The molecule has 36 heavy (non-hydrogen) atoms. The highest BCUT2D eigenvalue weighted by Crippen LogP contribution is 2.43. The Morgan fingerprint density at radius 2 is 1.83 bits per heavy atom. The van der Waals surface area contributed by atoms with Crippen molar-refractivity contribution in [2.75, 3.05) is 32.8 Å². The topological polar surface area (TPSA) is 103 Å². The van der Waals surface area contributed by atoms with Gasteiger partial charge in [-0.15, -0.1) is 0 Å². The maximum Gasteiger partial charge on any atom is 0.270 e. The number of hydrogen-bond acceptors (Lipinski definition) is 6. The Morgan fingerprint density at radius 3 is 2.28 bits per heavy atom. The van der Waals surface area contributed by atoms with E-state index in [-0.39, 0.29) is 5.91 Å². The smallest absolute Gasteiger partial charge is 0.270 e. The molecule has 0 atom stereocenters. The molecule has 0 bridgehead atoms. The lowest BCUT2D eigenvalue weighted by Crippen LogP contribution is -2.26. The van der Waals surface area contributed by atoms with E-state index in [1.165, 1.54) is 36.8 Å². The Hall–Kier alpha value is -2.78. The monoisotopic (exact) mass is 514 g/mol. The lowest BCUT2D eigenvalue weighted by atomic mass is 10.0. The first-order valence-electron chi connectivity index (χ1n) is 12.4. The molecular weight excluding hydrogens is 476 g/mol. The number of carbonyl (C=O) groups excluding carboxylic acids is 1. The van der Waals surface area contributed by atoms with Crippen LogP contribution in [0.5, 0.6) is 0 Å². The second-order valence-corrected chi connectivity index (χ2v) is 12.2. The van der Waals surface area contributed by atoms with Crippen molar-refractivity contribution in [3.63, 3.8) is 0 Å². The van der Waals surface area contributed by atoms with Crippen LogP contribution in [0, 0.1) is 19.8 Å². The summed E-state index contributed by atoms with van der Waals surface area (Å²) in [4.78, 5) is 17.0. The van der Waals surface area contributed by atoms with E-state index in [4.69, 9.17) is 4.74 Å². The number of benzene rings is 1. The van der Waals surface area contributed by atoms with Crippen molar-refractivity contribution >= 4 is 26.6 Å². The highest BCUT2D eigenvalue weighted by molar-refractivity contribution is 7.89. The number of aromatic nitrogens is 3. The molecule has 196 valence electrons.